The second kappa shape index (κ2) is 5.19. The fourth-order valence-electron chi connectivity index (χ4n) is 3.61. The highest BCUT2D eigenvalue weighted by atomic mass is 127. The molecule has 2 aliphatic rings. The van der Waals surface area contributed by atoms with Crippen molar-refractivity contribution in [1.29, 1.82) is 0 Å². The van der Waals surface area contributed by atoms with E-state index >= 15 is 0 Å². The molecule has 1 N–H and O–H groups in total. The van der Waals surface area contributed by atoms with E-state index in [4.69, 9.17) is 0 Å². The van der Waals surface area contributed by atoms with Crippen LogP contribution in [0.1, 0.15) is 32.1 Å². The molecule has 18 heavy (non-hydrogen) atoms. The van der Waals surface area contributed by atoms with Gasteiger partial charge in [-0.05, 0) is 83.9 Å². The molecule has 96 valence electrons. The zero-order chi connectivity index (χ0) is 12.5. The first-order chi connectivity index (χ1) is 8.70. The molecule has 2 nitrogen and oxygen atoms in total. The Kier molecular flexibility index (Phi) is 3.59. The number of halogens is 1. The van der Waals surface area contributed by atoms with Crippen LogP contribution in [0.2, 0.25) is 0 Å². The Balaban J connectivity index is 1.54. The van der Waals surface area contributed by atoms with E-state index in [1.54, 1.807) is 0 Å². The van der Waals surface area contributed by atoms with E-state index in [-0.39, 0.29) is 5.91 Å². The fraction of sp³-hybridized carbons (Fsp3) is 0.533. The zero-order valence-electron chi connectivity index (χ0n) is 10.4. The molecule has 2 aliphatic carbocycles. The van der Waals surface area contributed by atoms with Crippen LogP contribution in [0.25, 0.3) is 0 Å². The van der Waals surface area contributed by atoms with Gasteiger partial charge in [-0.15, -0.1) is 0 Å². The number of amides is 1. The van der Waals surface area contributed by atoms with Gasteiger partial charge in [0, 0.05) is 15.7 Å². The van der Waals surface area contributed by atoms with Crippen molar-refractivity contribution in [3.05, 3.63) is 27.8 Å². The first-order valence-electron chi connectivity index (χ1n) is 6.76. The van der Waals surface area contributed by atoms with Crippen molar-refractivity contribution in [2.45, 2.75) is 32.1 Å². The first-order valence-corrected chi connectivity index (χ1v) is 7.84. The van der Waals surface area contributed by atoms with Crippen LogP contribution in [0.15, 0.2) is 24.3 Å². The van der Waals surface area contributed by atoms with Gasteiger partial charge in [0.05, 0.1) is 0 Å². The smallest absolute Gasteiger partial charge is 0.224 e. The summed E-state index contributed by atoms with van der Waals surface area (Å²) in [6.07, 6.45) is 6.13. The molecule has 0 heterocycles. The Morgan fingerprint density at radius 2 is 2.00 bits per heavy atom. The lowest BCUT2D eigenvalue weighted by atomic mass is 9.86. The summed E-state index contributed by atoms with van der Waals surface area (Å²) >= 11 is 2.27. The summed E-state index contributed by atoms with van der Waals surface area (Å²) in [5.41, 5.74) is 0.920. The van der Waals surface area contributed by atoms with Gasteiger partial charge in [0.2, 0.25) is 5.91 Å². The molecule has 0 spiro atoms. The maximum absolute atomic E-state index is 12.0. The van der Waals surface area contributed by atoms with Crippen molar-refractivity contribution in [3.63, 3.8) is 0 Å². The van der Waals surface area contributed by atoms with Gasteiger partial charge in [0.15, 0.2) is 0 Å². The molecule has 2 bridgehead atoms. The van der Waals surface area contributed by atoms with E-state index in [0.717, 1.165) is 17.5 Å². The normalized spacial score (nSPS) is 29.5. The van der Waals surface area contributed by atoms with Gasteiger partial charge in [-0.2, -0.15) is 0 Å². The number of nitrogens with one attached hydrogen (secondary N) is 1. The first kappa shape index (κ1) is 12.5. The Hall–Kier alpha value is -0.580. The number of hydrogen-bond acceptors (Lipinski definition) is 1. The van der Waals surface area contributed by atoms with Gasteiger partial charge >= 0.3 is 0 Å². The fourth-order valence-corrected chi connectivity index (χ4v) is 3.97. The van der Waals surface area contributed by atoms with Gasteiger partial charge in [-0.1, -0.05) is 6.42 Å². The molecular weight excluding hydrogens is 337 g/mol. The van der Waals surface area contributed by atoms with Crippen molar-refractivity contribution < 1.29 is 4.79 Å². The molecule has 1 aromatic rings. The van der Waals surface area contributed by atoms with Crippen molar-refractivity contribution in [2.75, 3.05) is 5.32 Å². The minimum atomic E-state index is 0.189. The summed E-state index contributed by atoms with van der Waals surface area (Å²) in [6, 6.07) is 7.99. The molecule has 1 aromatic carbocycles. The molecule has 2 saturated carbocycles. The second-order valence-corrected chi connectivity index (χ2v) is 6.94. The number of rotatable bonds is 3. The monoisotopic (exact) mass is 355 g/mol. The van der Waals surface area contributed by atoms with Crippen LogP contribution >= 0.6 is 22.6 Å². The number of benzene rings is 1. The summed E-state index contributed by atoms with van der Waals surface area (Å²) in [5.74, 6) is 2.59. The molecule has 2 fully saturated rings. The van der Waals surface area contributed by atoms with E-state index in [0.29, 0.717) is 12.3 Å². The van der Waals surface area contributed by atoms with E-state index in [2.05, 4.69) is 27.9 Å². The van der Waals surface area contributed by atoms with Crippen LogP contribution in [-0.4, -0.2) is 5.91 Å². The summed E-state index contributed by atoms with van der Waals surface area (Å²) in [6.45, 7) is 0. The molecule has 0 aliphatic heterocycles. The zero-order valence-corrected chi connectivity index (χ0v) is 12.5. The molecular formula is C15H18INO. The minimum Gasteiger partial charge on any atom is -0.326 e. The molecule has 1 amide bonds. The molecule has 0 radical (unpaired) electrons. The number of carbonyl (C=O) groups is 1. The molecule has 0 saturated heterocycles. The average Bonchev–Trinajstić information content (AvgIpc) is 2.94. The lowest BCUT2D eigenvalue weighted by molar-refractivity contribution is -0.117. The summed E-state index contributed by atoms with van der Waals surface area (Å²) in [5, 5.41) is 3.01. The number of fused-ring (bicyclic) bond motifs is 2. The van der Waals surface area contributed by atoms with Crippen molar-refractivity contribution in [1.82, 2.24) is 0 Å². The van der Waals surface area contributed by atoms with Gasteiger partial charge in [0.25, 0.3) is 0 Å². The topological polar surface area (TPSA) is 29.1 Å². The number of hydrogen-bond donors (Lipinski definition) is 1. The molecule has 3 heteroatoms. The molecule has 0 unspecified atom stereocenters. The van der Waals surface area contributed by atoms with E-state index in [1.165, 1.54) is 29.3 Å². The quantitative estimate of drug-likeness (QED) is 0.815. The second-order valence-electron chi connectivity index (χ2n) is 5.69. The predicted molar refractivity (Wildman–Crippen MR) is 81.3 cm³/mol. The van der Waals surface area contributed by atoms with Crippen molar-refractivity contribution >= 4 is 34.2 Å². The largest absolute Gasteiger partial charge is 0.326 e. The Morgan fingerprint density at radius 1 is 1.22 bits per heavy atom. The number of anilines is 1. The summed E-state index contributed by atoms with van der Waals surface area (Å²) < 4.78 is 1.19. The molecule has 3 rings (SSSR count). The average molecular weight is 355 g/mol. The standard InChI is InChI=1S/C15H18INO/c16-13-3-5-14(6-4-13)17-15(18)9-12-8-10-1-2-11(12)7-10/h3-6,10-12H,1-2,7-9H2,(H,17,18)/t10-,11+,12+/m0/s1. The maximum atomic E-state index is 12.0. The third-order valence-corrected chi connectivity index (χ3v) is 5.18. The van der Waals surface area contributed by atoms with Crippen molar-refractivity contribution in [3.8, 4) is 0 Å². The summed E-state index contributed by atoms with van der Waals surface area (Å²) in [4.78, 5) is 12.0. The van der Waals surface area contributed by atoms with Crippen LogP contribution in [-0.2, 0) is 4.79 Å². The summed E-state index contributed by atoms with van der Waals surface area (Å²) in [7, 11) is 0. The highest BCUT2D eigenvalue weighted by Gasteiger charge is 2.40. The van der Waals surface area contributed by atoms with Crippen LogP contribution in [0, 0.1) is 21.3 Å². The van der Waals surface area contributed by atoms with Gasteiger partial charge in [0.1, 0.15) is 0 Å². The van der Waals surface area contributed by atoms with Gasteiger partial charge in [-0.25, -0.2) is 0 Å². The molecule has 0 aromatic heterocycles. The van der Waals surface area contributed by atoms with Crippen LogP contribution in [0.4, 0.5) is 5.69 Å². The lowest BCUT2D eigenvalue weighted by Crippen LogP contribution is -2.20. The lowest BCUT2D eigenvalue weighted by Gasteiger charge is -2.20. The molecule has 3 atom stereocenters. The predicted octanol–water partition coefficient (Wildman–Crippen LogP) is 4.06. The Bertz CT molecular complexity index is 442. The SMILES string of the molecule is O=C(C[C@H]1C[C@H]2CC[C@@H]1C2)Nc1ccc(I)cc1. The third kappa shape index (κ3) is 2.71. The Morgan fingerprint density at radius 3 is 2.61 bits per heavy atom. The van der Waals surface area contributed by atoms with Crippen LogP contribution in [0.5, 0.6) is 0 Å². The number of carbonyl (C=O) groups excluding carboxylic acids is 1. The highest BCUT2D eigenvalue weighted by molar-refractivity contribution is 14.1. The van der Waals surface area contributed by atoms with Crippen LogP contribution < -0.4 is 5.32 Å². The van der Waals surface area contributed by atoms with Gasteiger partial charge < -0.3 is 5.32 Å². The maximum Gasteiger partial charge on any atom is 0.224 e. The highest BCUT2D eigenvalue weighted by Crippen LogP contribution is 2.49. The Labute approximate surface area is 122 Å². The minimum absolute atomic E-state index is 0.189. The van der Waals surface area contributed by atoms with E-state index < -0.39 is 0 Å². The van der Waals surface area contributed by atoms with Crippen LogP contribution in [0.3, 0.4) is 0 Å². The van der Waals surface area contributed by atoms with E-state index in [1.807, 2.05) is 24.3 Å². The van der Waals surface area contributed by atoms with Gasteiger partial charge in [-0.3, -0.25) is 4.79 Å². The van der Waals surface area contributed by atoms with Crippen molar-refractivity contribution in [2.24, 2.45) is 17.8 Å². The third-order valence-electron chi connectivity index (χ3n) is 4.46. The van der Waals surface area contributed by atoms with E-state index in [9.17, 15) is 4.79 Å².